The molecule has 0 saturated heterocycles. The molecule has 0 aliphatic heterocycles. The molecule has 0 bridgehead atoms. The standard InChI is InChI=1S/C13H17N5/c1-13(2,3)18-8-10-6-15-12(16-7-10)11-4-5-14-9-17-11/h4-7,9,18H,8H2,1-3H3. The van der Waals surface area contributed by atoms with Gasteiger partial charge in [-0.05, 0) is 26.8 Å². The van der Waals surface area contributed by atoms with Crippen molar-refractivity contribution < 1.29 is 0 Å². The fourth-order valence-electron chi connectivity index (χ4n) is 1.37. The molecule has 0 aliphatic rings. The molecule has 0 spiro atoms. The fourth-order valence-corrected chi connectivity index (χ4v) is 1.37. The highest BCUT2D eigenvalue weighted by atomic mass is 15.0. The summed E-state index contributed by atoms with van der Waals surface area (Å²) in [7, 11) is 0. The lowest BCUT2D eigenvalue weighted by atomic mass is 10.1. The molecule has 2 aromatic rings. The number of hydrogen-bond donors (Lipinski definition) is 1. The van der Waals surface area contributed by atoms with E-state index in [1.54, 1.807) is 12.3 Å². The predicted molar refractivity (Wildman–Crippen MR) is 69.7 cm³/mol. The van der Waals surface area contributed by atoms with Crippen LogP contribution in [0.15, 0.2) is 31.0 Å². The minimum absolute atomic E-state index is 0.0886. The van der Waals surface area contributed by atoms with E-state index >= 15 is 0 Å². The Kier molecular flexibility index (Phi) is 3.62. The zero-order chi connectivity index (χ0) is 13.0. The number of nitrogens with one attached hydrogen (secondary N) is 1. The molecule has 0 unspecified atom stereocenters. The first kappa shape index (κ1) is 12.6. The molecule has 0 aromatic carbocycles. The maximum Gasteiger partial charge on any atom is 0.178 e. The van der Waals surface area contributed by atoms with Crippen molar-refractivity contribution in [2.24, 2.45) is 0 Å². The molecule has 0 radical (unpaired) electrons. The topological polar surface area (TPSA) is 63.6 Å². The lowest BCUT2D eigenvalue weighted by molar-refractivity contribution is 0.423. The Morgan fingerprint density at radius 1 is 1.11 bits per heavy atom. The van der Waals surface area contributed by atoms with Gasteiger partial charge in [0.2, 0.25) is 0 Å². The van der Waals surface area contributed by atoms with Gasteiger partial charge < -0.3 is 5.32 Å². The summed E-state index contributed by atoms with van der Waals surface area (Å²) < 4.78 is 0. The van der Waals surface area contributed by atoms with Crippen molar-refractivity contribution in [1.82, 2.24) is 25.3 Å². The molecule has 2 heterocycles. The van der Waals surface area contributed by atoms with E-state index in [-0.39, 0.29) is 5.54 Å². The van der Waals surface area contributed by atoms with Gasteiger partial charge in [0.1, 0.15) is 12.0 Å². The molecule has 0 saturated carbocycles. The lowest BCUT2D eigenvalue weighted by Crippen LogP contribution is -2.35. The van der Waals surface area contributed by atoms with Crippen molar-refractivity contribution in [3.63, 3.8) is 0 Å². The van der Waals surface area contributed by atoms with Gasteiger partial charge >= 0.3 is 0 Å². The van der Waals surface area contributed by atoms with Gasteiger partial charge in [0.15, 0.2) is 5.82 Å². The van der Waals surface area contributed by atoms with Crippen LogP contribution in [0.1, 0.15) is 26.3 Å². The molecule has 0 aliphatic carbocycles. The van der Waals surface area contributed by atoms with Crippen LogP contribution >= 0.6 is 0 Å². The summed E-state index contributed by atoms with van der Waals surface area (Å²) in [5.74, 6) is 0.622. The van der Waals surface area contributed by atoms with Gasteiger partial charge in [0.05, 0.1) is 0 Å². The largest absolute Gasteiger partial charge is 0.308 e. The van der Waals surface area contributed by atoms with Crippen LogP contribution in [0.2, 0.25) is 0 Å². The summed E-state index contributed by atoms with van der Waals surface area (Å²) in [6.45, 7) is 7.14. The Morgan fingerprint density at radius 2 is 1.83 bits per heavy atom. The van der Waals surface area contributed by atoms with Crippen LogP contribution in [0.4, 0.5) is 0 Å². The monoisotopic (exact) mass is 243 g/mol. The van der Waals surface area contributed by atoms with Crippen LogP contribution in [-0.2, 0) is 6.54 Å². The second kappa shape index (κ2) is 5.18. The second-order valence-corrected chi connectivity index (χ2v) is 5.11. The highest BCUT2D eigenvalue weighted by molar-refractivity contribution is 5.46. The fraction of sp³-hybridized carbons (Fsp3) is 0.385. The van der Waals surface area contributed by atoms with Crippen LogP contribution in [0.3, 0.4) is 0 Å². The third kappa shape index (κ3) is 3.56. The molecule has 1 N–H and O–H groups in total. The van der Waals surface area contributed by atoms with E-state index in [1.807, 2.05) is 12.4 Å². The molecule has 0 amide bonds. The van der Waals surface area contributed by atoms with Crippen molar-refractivity contribution >= 4 is 0 Å². The number of nitrogens with zero attached hydrogens (tertiary/aromatic N) is 4. The van der Waals surface area contributed by atoms with Gasteiger partial charge in [-0.2, -0.15) is 0 Å². The van der Waals surface area contributed by atoms with Gasteiger partial charge in [0, 0.05) is 36.2 Å². The van der Waals surface area contributed by atoms with Crippen LogP contribution < -0.4 is 5.32 Å². The highest BCUT2D eigenvalue weighted by Crippen LogP contribution is 2.09. The Bertz CT molecular complexity index is 487. The summed E-state index contributed by atoms with van der Waals surface area (Å²) >= 11 is 0. The SMILES string of the molecule is CC(C)(C)NCc1cnc(-c2ccncn2)nc1. The normalized spacial score (nSPS) is 11.5. The maximum atomic E-state index is 4.31. The Hall–Kier alpha value is -1.88. The van der Waals surface area contributed by atoms with E-state index in [0.717, 1.165) is 17.8 Å². The third-order valence-corrected chi connectivity index (χ3v) is 2.34. The minimum Gasteiger partial charge on any atom is -0.308 e. The Balaban J connectivity index is 2.07. The summed E-state index contributed by atoms with van der Waals surface area (Å²) in [6.07, 6.45) is 6.82. The molecule has 18 heavy (non-hydrogen) atoms. The average Bonchev–Trinajstić information content (AvgIpc) is 2.37. The van der Waals surface area contributed by atoms with E-state index in [4.69, 9.17) is 0 Å². The number of rotatable bonds is 3. The van der Waals surface area contributed by atoms with Crippen molar-refractivity contribution in [2.45, 2.75) is 32.9 Å². The summed E-state index contributed by atoms with van der Waals surface area (Å²) in [5, 5.41) is 3.39. The van der Waals surface area contributed by atoms with Gasteiger partial charge in [-0.3, -0.25) is 0 Å². The van der Waals surface area contributed by atoms with E-state index in [0.29, 0.717) is 5.82 Å². The molecule has 2 rings (SSSR count). The zero-order valence-electron chi connectivity index (χ0n) is 10.9. The smallest absolute Gasteiger partial charge is 0.178 e. The summed E-state index contributed by atoms with van der Waals surface area (Å²) in [5.41, 5.74) is 1.88. The predicted octanol–water partition coefficient (Wildman–Crippen LogP) is 1.82. The van der Waals surface area contributed by atoms with Gasteiger partial charge in [-0.15, -0.1) is 0 Å². The molecule has 2 aromatic heterocycles. The summed E-state index contributed by atoms with van der Waals surface area (Å²) in [6, 6.07) is 1.79. The van der Waals surface area contributed by atoms with E-state index in [9.17, 15) is 0 Å². The molecule has 5 heteroatoms. The number of hydrogen-bond acceptors (Lipinski definition) is 5. The first-order valence-corrected chi connectivity index (χ1v) is 5.87. The van der Waals surface area contributed by atoms with Crippen molar-refractivity contribution in [1.29, 1.82) is 0 Å². The van der Waals surface area contributed by atoms with E-state index in [1.165, 1.54) is 6.33 Å². The molecule has 94 valence electrons. The second-order valence-electron chi connectivity index (χ2n) is 5.11. The third-order valence-electron chi connectivity index (χ3n) is 2.34. The maximum absolute atomic E-state index is 4.31. The summed E-state index contributed by atoms with van der Waals surface area (Å²) in [4.78, 5) is 16.6. The number of aromatic nitrogens is 4. The molecular formula is C13H17N5. The van der Waals surface area contributed by atoms with Gasteiger partial charge in [0.25, 0.3) is 0 Å². The van der Waals surface area contributed by atoms with Gasteiger partial charge in [-0.1, -0.05) is 0 Å². The van der Waals surface area contributed by atoms with Crippen LogP contribution in [0.25, 0.3) is 11.5 Å². The first-order valence-electron chi connectivity index (χ1n) is 5.87. The average molecular weight is 243 g/mol. The molecule has 0 fully saturated rings. The Labute approximate surface area is 107 Å². The highest BCUT2D eigenvalue weighted by Gasteiger charge is 2.09. The molecule has 5 nitrogen and oxygen atoms in total. The van der Waals surface area contributed by atoms with Crippen LogP contribution in [0, 0.1) is 0 Å². The van der Waals surface area contributed by atoms with Gasteiger partial charge in [-0.25, -0.2) is 19.9 Å². The van der Waals surface area contributed by atoms with Crippen molar-refractivity contribution in [3.8, 4) is 11.5 Å². The van der Waals surface area contributed by atoms with Crippen molar-refractivity contribution in [3.05, 3.63) is 36.5 Å². The molecular weight excluding hydrogens is 226 g/mol. The van der Waals surface area contributed by atoms with E-state index < -0.39 is 0 Å². The van der Waals surface area contributed by atoms with Crippen molar-refractivity contribution in [2.75, 3.05) is 0 Å². The Morgan fingerprint density at radius 3 is 2.39 bits per heavy atom. The molecule has 0 atom stereocenters. The lowest BCUT2D eigenvalue weighted by Gasteiger charge is -2.20. The first-order chi connectivity index (χ1) is 8.54. The quantitative estimate of drug-likeness (QED) is 0.891. The van der Waals surface area contributed by atoms with Crippen LogP contribution in [0.5, 0.6) is 0 Å². The zero-order valence-corrected chi connectivity index (χ0v) is 10.9. The van der Waals surface area contributed by atoms with Crippen LogP contribution in [-0.4, -0.2) is 25.5 Å². The minimum atomic E-state index is 0.0886. The van der Waals surface area contributed by atoms with E-state index in [2.05, 4.69) is 46.0 Å².